The van der Waals surface area contributed by atoms with Gasteiger partial charge in [0.1, 0.15) is 17.3 Å². The Kier molecular flexibility index (Phi) is 7.11. The van der Waals surface area contributed by atoms with Gasteiger partial charge in [-0.1, -0.05) is 50.7 Å². The molecule has 0 spiro atoms. The molecule has 0 aliphatic heterocycles. The van der Waals surface area contributed by atoms with E-state index in [-0.39, 0.29) is 17.1 Å². The Morgan fingerprint density at radius 1 is 1.09 bits per heavy atom. The Hall–Kier alpha value is -3.79. The molecule has 4 rings (SSSR count). The number of thioether (sulfide) groups is 1. The summed E-state index contributed by atoms with van der Waals surface area (Å²) in [4.78, 5) is 17.3. The molecule has 4 aromatic rings. The molecule has 0 fully saturated rings. The van der Waals surface area contributed by atoms with Crippen LogP contribution in [0.3, 0.4) is 0 Å². The third-order valence-electron chi connectivity index (χ3n) is 5.21. The van der Waals surface area contributed by atoms with E-state index in [9.17, 15) is 4.79 Å². The fourth-order valence-electron chi connectivity index (χ4n) is 3.34. The number of hydrogen-bond donors (Lipinski definition) is 2. The number of para-hydroxylation sites is 1. The molecule has 2 aromatic carbocycles. The summed E-state index contributed by atoms with van der Waals surface area (Å²) in [6, 6.07) is 17.1. The number of rotatable bonds is 8. The van der Waals surface area contributed by atoms with E-state index in [1.165, 1.54) is 11.8 Å². The fourth-order valence-corrected chi connectivity index (χ4v) is 3.94. The second-order valence-electron chi connectivity index (χ2n) is 8.78. The standard InChI is InChI=1S/C25H28N6O3S/c1-25(2,3)20-14-21(31(30-20)16-9-7-6-8-10-16)26-22(32)15-35-24-27-23(28-29-24)18-12-11-17(33-4)13-19(18)34-5/h6-14H,15H2,1-5H3,(H,26,32)(H,27,28,29). The van der Waals surface area contributed by atoms with Crippen LogP contribution in [0.5, 0.6) is 11.5 Å². The Morgan fingerprint density at radius 3 is 2.54 bits per heavy atom. The molecule has 35 heavy (non-hydrogen) atoms. The summed E-state index contributed by atoms with van der Waals surface area (Å²) in [5.74, 6) is 2.41. The molecular formula is C25H28N6O3S. The average molecular weight is 493 g/mol. The molecule has 0 radical (unpaired) electrons. The molecule has 0 atom stereocenters. The van der Waals surface area contributed by atoms with Gasteiger partial charge in [-0.15, -0.1) is 5.10 Å². The van der Waals surface area contributed by atoms with Crippen LogP contribution in [0.25, 0.3) is 17.1 Å². The van der Waals surface area contributed by atoms with Crippen molar-refractivity contribution in [3.05, 3.63) is 60.3 Å². The zero-order chi connectivity index (χ0) is 25.0. The molecule has 10 heteroatoms. The second-order valence-corrected chi connectivity index (χ2v) is 9.72. The first-order chi connectivity index (χ1) is 16.8. The summed E-state index contributed by atoms with van der Waals surface area (Å²) in [6.07, 6.45) is 0. The lowest BCUT2D eigenvalue weighted by Crippen LogP contribution is -2.17. The van der Waals surface area contributed by atoms with Crippen LogP contribution in [0, 0.1) is 0 Å². The monoisotopic (exact) mass is 492 g/mol. The zero-order valence-electron chi connectivity index (χ0n) is 20.3. The summed E-state index contributed by atoms with van der Waals surface area (Å²) in [6.45, 7) is 6.26. The highest BCUT2D eigenvalue weighted by Gasteiger charge is 2.22. The third-order valence-corrected chi connectivity index (χ3v) is 6.05. The van der Waals surface area contributed by atoms with Crippen molar-refractivity contribution in [1.82, 2.24) is 25.0 Å². The predicted molar refractivity (Wildman–Crippen MR) is 137 cm³/mol. The van der Waals surface area contributed by atoms with E-state index in [0.717, 1.165) is 16.9 Å². The Balaban J connectivity index is 1.46. The Morgan fingerprint density at radius 2 is 1.86 bits per heavy atom. The van der Waals surface area contributed by atoms with Crippen molar-refractivity contribution in [3.8, 4) is 28.6 Å². The number of nitrogens with zero attached hydrogens (tertiary/aromatic N) is 4. The third kappa shape index (κ3) is 5.65. The molecule has 2 heterocycles. The number of amides is 1. The molecule has 2 aromatic heterocycles. The van der Waals surface area contributed by atoms with Gasteiger partial charge in [0, 0.05) is 17.5 Å². The zero-order valence-corrected chi connectivity index (χ0v) is 21.1. The van der Waals surface area contributed by atoms with E-state index in [1.54, 1.807) is 25.0 Å². The van der Waals surface area contributed by atoms with Crippen molar-refractivity contribution >= 4 is 23.5 Å². The number of anilines is 1. The van der Waals surface area contributed by atoms with E-state index in [2.05, 4.69) is 41.3 Å². The van der Waals surface area contributed by atoms with Gasteiger partial charge in [0.25, 0.3) is 0 Å². The van der Waals surface area contributed by atoms with Gasteiger partial charge in [0.2, 0.25) is 11.1 Å². The average Bonchev–Trinajstić information content (AvgIpc) is 3.50. The quantitative estimate of drug-likeness (QED) is 0.343. The smallest absolute Gasteiger partial charge is 0.236 e. The lowest BCUT2D eigenvalue weighted by Gasteiger charge is -2.14. The number of aromatic amines is 1. The largest absolute Gasteiger partial charge is 0.497 e. The number of benzene rings is 2. The molecule has 0 unspecified atom stereocenters. The number of methoxy groups -OCH3 is 2. The number of hydrogen-bond acceptors (Lipinski definition) is 7. The molecule has 9 nitrogen and oxygen atoms in total. The maximum atomic E-state index is 12.8. The number of carbonyl (C=O) groups is 1. The molecule has 0 saturated carbocycles. The van der Waals surface area contributed by atoms with E-state index in [0.29, 0.717) is 28.3 Å². The highest BCUT2D eigenvalue weighted by molar-refractivity contribution is 7.99. The lowest BCUT2D eigenvalue weighted by atomic mass is 9.92. The van der Waals surface area contributed by atoms with Crippen molar-refractivity contribution in [2.24, 2.45) is 0 Å². The first-order valence-corrected chi connectivity index (χ1v) is 12.0. The first-order valence-electron chi connectivity index (χ1n) is 11.0. The van der Waals surface area contributed by atoms with E-state index < -0.39 is 0 Å². The Labute approximate surface area is 208 Å². The topological polar surface area (TPSA) is 107 Å². The SMILES string of the molecule is COc1ccc(-c2nc(SCC(=O)Nc3cc(C(C)(C)C)nn3-c3ccccc3)n[nH]2)c(OC)c1. The van der Waals surface area contributed by atoms with Crippen LogP contribution in [0.2, 0.25) is 0 Å². The number of ether oxygens (including phenoxy) is 2. The van der Waals surface area contributed by atoms with Crippen LogP contribution >= 0.6 is 11.8 Å². The maximum Gasteiger partial charge on any atom is 0.236 e. The molecule has 0 aliphatic rings. The summed E-state index contributed by atoms with van der Waals surface area (Å²) in [5, 5.41) is 15.3. The predicted octanol–water partition coefficient (Wildman–Crippen LogP) is 4.70. The second kappa shape index (κ2) is 10.2. The molecule has 0 saturated heterocycles. The fraction of sp³-hybridized carbons (Fsp3) is 0.280. The minimum atomic E-state index is -0.180. The summed E-state index contributed by atoms with van der Waals surface area (Å²) in [7, 11) is 3.18. The minimum Gasteiger partial charge on any atom is -0.497 e. The molecular weight excluding hydrogens is 464 g/mol. The van der Waals surface area contributed by atoms with Crippen LogP contribution in [0.1, 0.15) is 26.5 Å². The van der Waals surface area contributed by atoms with Crippen LogP contribution < -0.4 is 14.8 Å². The summed E-state index contributed by atoms with van der Waals surface area (Å²) < 4.78 is 12.4. The molecule has 182 valence electrons. The number of aromatic nitrogens is 5. The van der Waals surface area contributed by atoms with Crippen molar-refractivity contribution < 1.29 is 14.3 Å². The van der Waals surface area contributed by atoms with Gasteiger partial charge in [0.15, 0.2) is 5.82 Å². The molecule has 0 aliphatic carbocycles. The van der Waals surface area contributed by atoms with Crippen LogP contribution in [-0.4, -0.2) is 50.8 Å². The number of carbonyl (C=O) groups excluding carboxylic acids is 1. The van der Waals surface area contributed by atoms with Gasteiger partial charge < -0.3 is 14.8 Å². The van der Waals surface area contributed by atoms with Crippen LogP contribution in [0.15, 0.2) is 59.8 Å². The lowest BCUT2D eigenvalue weighted by molar-refractivity contribution is -0.113. The van der Waals surface area contributed by atoms with Crippen LogP contribution in [-0.2, 0) is 10.2 Å². The van der Waals surface area contributed by atoms with Crippen molar-refractivity contribution in [2.45, 2.75) is 31.3 Å². The highest BCUT2D eigenvalue weighted by atomic mass is 32.2. The number of nitrogens with one attached hydrogen (secondary N) is 2. The van der Waals surface area contributed by atoms with E-state index in [4.69, 9.17) is 14.6 Å². The van der Waals surface area contributed by atoms with E-state index in [1.807, 2.05) is 48.5 Å². The van der Waals surface area contributed by atoms with Crippen molar-refractivity contribution in [3.63, 3.8) is 0 Å². The number of H-pyrrole nitrogens is 1. The van der Waals surface area contributed by atoms with Gasteiger partial charge in [-0.3, -0.25) is 9.89 Å². The molecule has 1 amide bonds. The summed E-state index contributed by atoms with van der Waals surface area (Å²) >= 11 is 1.24. The van der Waals surface area contributed by atoms with Gasteiger partial charge in [-0.25, -0.2) is 9.67 Å². The van der Waals surface area contributed by atoms with Gasteiger partial charge in [-0.05, 0) is 24.3 Å². The van der Waals surface area contributed by atoms with Crippen LogP contribution in [0.4, 0.5) is 5.82 Å². The molecule has 2 N–H and O–H groups in total. The Bertz CT molecular complexity index is 1310. The maximum absolute atomic E-state index is 12.8. The van der Waals surface area contributed by atoms with E-state index >= 15 is 0 Å². The summed E-state index contributed by atoms with van der Waals surface area (Å²) in [5.41, 5.74) is 2.35. The highest BCUT2D eigenvalue weighted by Crippen LogP contribution is 2.32. The van der Waals surface area contributed by atoms with Gasteiger partial charge in [0.05, 0.1) is 36.9 Å². The minimum absolute atomic E-state index is 0.141. The van der Waals surface area contributed by atoms with Crippen molar-refractivity contribution in [1.29, 1.82) is 0 Å². The molecule has 0 bridgehead atoms. The van der Waals surface area contributed by atoms with Gasteiger partial charge in [-0.2, -0.15) is 5.10 Å². The first kappa shape index (κ1) is 24.3. The normalized spacial score (nSPS) is 11.3. The van der Waals surface area contributed by atoms with Gasteiger partial charge >= 0.3 is 0 Å². The van der Waals surface area contributed by atoms with Crippen molar-refractivity contribution in [2.75, 3.05) is 25.3 Å².